The number of ether oxygens (including phenoxy) is 1. The molecule has 1 aromatic rings. The second-order valence-electron chi connectivity index (χ2n) is 3.95. The Morgan fingerprint density at radius 3 is 2.50 bits per heavy atom. The predicted molar refractivity (Wildman–Crippen MR) is 61.2 cm³/mol. The van der Waals surface area contributed by atoms with E-state index in [1.54, 1.807) is 12.1 Å². The largest absolute Gasteiger partial charge is 0.492 e. The summed E-state index contributed by atoms with van der Waals surface area (Å²) >= 11 is 0. The topological polar surface area (TPSA) is 63.6 Å². The van der Waals surface area contributed by atoms with Gasteiger partial charge in [-0.3, -0.25) is 4.55 Å². The second-order valence-corrected chi connectivity index (χ2v) is 5.34. The molecule has 0 unspecified atom stereocenters. The maximum Gasteiger partial charge on any atom is 0.298 e. The van der Waals surface area contributed by atoms with Crippen molar-refractivity contribution in [2.75, 3.05) is 6.61 Å². The van der Waals surface area contributed by atoms with Crippen molar-refractivity contribution in [3.8, 4) is 5.75 Å². The van der Waals surface area contributed by atoms with Gasteiger partial charge in [-0.05, 0) is 24.5 Å². The first-order valence-electron chi connectivity index (χ1n) is 5.10. The van der Waals surface area contributed by atoms with Crippen LogP contribution in [-0.4, -0.2) is 19.6 Å². The molecule has 0 aromatic heterocycles. The minimum Gasteiger partial charge on any atom is -0.492 e. The highest BCUT2D eigenvalue weighted by Crippen LogP contribution is 2.23. The van der Waals surface area contributed by atoms with Crippen molar-refractivity contribution in [2.24, 2.45) is 5.92 Å². The molecule has 0 saturated heterocycles. The Labute approximate surface area is 96.0 Å². The molecule has 0 saturated carbocycles. The van der Waals surface area contributed by atoms with E-state index in [1.165, 1.54) is 12.1 Å². The van der Waals surface area contributed by atoms with Crippen molar-refractivity contribution >= 4 is 10.1 Å². The average Bonchev–Trinajstić information content (AvgIpc) is 2.16. The molecule has 0 atom stereocenters. The van der Waals surface area contributed by atoms with Crippen molar-refractivity contribution in [1.82, 2.24) is 0 Å². The van der Waals surface area contributed by atoms with Crippen molar-refractivity contribution in [2.45, 2.75) is 25.2 Å². The van der Waals surface area contributed by atoms with Crippen molar-refractivity contribution in [3.63, 3.8) is 0 Å². The highest BCUT2D eigenvalue weighted by atomic mass is 32.2. The predicted octanol–water partition coefficient (Wildman–Crippen LogP) is 2.36. The molecule has 0 aliphatic carbocycles. The van der Waals surface area contributed by atoms with Gasteiger partial charge in [0.25, 0.3) is 10.1 Å². The van der Waals surface area contributed by atoms with Crippen LogP contribution in [0.5, 0.6) is 5.75 Å². The van der Waals surface area contributed by atoms with E-state index in [4.69, 9.17) is 9.29 Å². The molecule has 0 fully saturated rings. The Morgan fingerprint density at radius 2 is 1.94 bits per heavy atom. The number of hydrogen-bond donors (Lipinski definition) is 1. The zero-order chi connectivity index (χ0) is 12.2. The molecule has 0 aliphatic rings. The summed E-state index contributed by atoms with van der Waals surface area (Å²) in [6, 6.07) is 6.06. The molecular formula is C11H16O4S. The molecule has 0 bridgehead atoms. The highest BCUT2D eigenvalue weighted by molar-refractivity contribution is 7.86. The first kappa shape index (κ1) is 13.0. The van der Waals surface area contributed by atoms with Crippen LogP contribution in [0, 0.1) is 5.92 Å². The Kier molecular flexibility index (Phi) is 4.32. The fraction of sp³-hybridized carbons (Fsp3) is 0.455. The summed E-state index contributed by atoms with van der Waals surface area (Å²) in [6.45, 7) is 4.54. The van der Waals surface area contributed by atoms with E-state index >= 15 is 0 Å². The van der Waals surface area contributed by atoms with Gasteiger partial charge in [0.05, 0.1) is 6.61 Å². The zero-order valence-electron chi connectivity index (χ0n) is 9.38. The summed E-state index contributed by atoms with van der Waals surface area (Å²) in [5.41, 5.74) is 0. The van der Waals surface area contributed by atoms with E-state index in [0.717, 1.165) is 6.42 Å². The minimum atomic E-state index is -4.21. The fourth-order valence-corrected chi connectivity index (χ4v) is 1.82. The first-order chi connectivity index (χ1) is 7.41. The second kappa shape index (κ2) is 5.32. The highest BCUT2D eigenvalue weighted by Gasteiger charge is 2.15. The summed E-state index contributed by atoms with van der Waals surface area (Å²) in [5.74, 6) is 0.684. The van der Waals surface area contributed by atoms with Gasteiger partial charge in [-0.15, -0.1) is 0 Å². The number of benzene rings is 1. The van der Waals surface area contributed by atoms with Crippen LogP contribution in [0.15, 0.2) is 29.2 Å². The van der Waals surface area contributed by atoms with Crippen molar-refractivity contribution < 1.29 is 17.7 Å². The van der Waals surface area contributed by atoms with Crippen LogP contribution < -0.4 is 4.74 Å². The molecule has 1 N–H and O–H groups in total. The van der Waals surface area contributed by atoms with Gasteiger partial charge in [0.2, 0.25) is 0 Å². The summed E-state index contributed by atoms with van der Waals surface area (Å²) in [6.07, 6.45) is 0.833. The van der Waals surface area contributed by atoms with E-state index < -0.39 is 10.1 Å². The van der Waals surface area contributed by atoms with Crippen LogP contribution in [0.2, 0.25) is 0 Å². The molecule has 1 aromatic carbocycles. The van der Waals surface area contributed by atoms with E-state index in [2.05, 4.69) is 13.8 Å². The normalized spacial score (nSPS) is 11.8. The monoisotopic (exact) mass is 244 g/mol. The standard InChI is InChI=1S/C11H16O4S/c1-9(2)7-8-15-10-5-3-4-6-11(10)16(12,13)14/h3-6,9H,7-8H2,1-2H3,(H,12,13,14). The molecule has 0 amide bonds. The van der Waals surface area contributed by atoms with Gasteiger partial charge in [0.1, 0.15) is 10.6 Å². The maximum absolute atomic E-state index is 11.0. The maximum atomic E-state index is 11.0. The minimum absolute atomic E-state index is 0.182. The third kappa shape index (κ3) is 3.83. The first-order valence-corrected chi connectivity index (χ1v) is 6.54. The lowest BCUT2D eigenvalue weighted by Crippen LogP contribution is -2.06. The summed E-state index contributed by atoms with van der Waals surface area (Å²) < 4.78 is 36.4. The third-order valence-electron chi connectivity index (χ3n) is 2.08. The van der Waals surface area contributed by atoms with Gasteiger partial charge >= 0.3 is 0 Å². The van der Waals surface area contributed by atoms with E-state index in [9.17, 15) is 8.42 Å². The molecule has 90 valence electrons. The number of hydrogen-bond acceptors (Lipinski definition) is 3. The van der Waals surface area contributed by atoms with E-state index in [0.29, 0.717) is 12.5 Å². The number of rotatable bonds is 5. The summed E-state index contributed by atoms with van der Waals surface area (Å²) in [5, 5.41) is 0. The van der Waals surface area contributed by atoms with Gasteiger partial charge in [-0.1, -0.05) is 26.0 Å². The van der Waals surface area contributed by atoms with E-state index in [-0.39, 0.29) is 10.6 Å². The third-order valence-corrected chi connectivity index (χ3v) is 2.97. The fourth-order valence-electron chi connectivity index (χ4n) is 1.19. The van der Waals surface area contributed by atoms with Gasteiger partial charge in [0, 0.05) is 0 Å². The summed E-state index contributed by atoms with van der Waals surface area (Å²) in [7, 11) is -4.21. The van der Waals surface area contributed by atoms with Gasteiger partial charge in [0.15, 0.2) is 0 Å². The Hall–Kier alpha value is -1.07. The molecule has 0 heterocycles. The molecule has 5 heteroatoms. The van der Waals surface area contributed by atoms with Crippen LogP contribution in [0.25, 0.3) is 0 Å². The zero-order valence-corrected chi connectivity index (χ0v) is 10.2. The molecule has 0 aliphatic heterocycles. The van der Waals surface area contributed by atoms with Crippen LogP contribution in [0.1, 0.15) is 20.3 Å². The van der Waals surface area contributed by atoms with Crippen LogP contribution in [0.3, 0.4) is 0 Å². The van der Waals surface area contributed by atoms with Crippen LogP contribution >= 0.6 is 0 Å². The van der Waals surface area contributed by atoms with Crippen molar-refractivity contribution in [3.05, 3.63) is 24.3 Å². The lowest BCUT2D eigenvalue weighted by molar-refractivity contribution is 0.282. The van der Waals surface area contributed by atoms with Gasteiger partial charge in [-0.25, -0.2) is 0 Å². The van der Waals surface area contributed by atoms with Crippen molar-refractivity contribution in [1.29, 1.82) is 0 Å². The van der Waals surface area contributed by atoms with Gasteiger partial charge < -0.3 is 4.74 Å². The molecule has 4 nitrogen and oxygen atoms in total. The summed E-state index contributed by atoms with van der Waals surface area (Å²) in [4.78, 5) is -0.182. The Morgan fingerprint density at radius 1 is 1.31 bits per heavy atom. The quantitative estimate of drug-likeness (QED) is 0.807. The lowest BCUT2D eigenvalue weighted by Gasteiger charge is -2.10. The Balaban J connectivity index is 2.80. The van der Waals surface area contributed by atoms with E-state index in [1.807, 2.05) is 0 Å². The average molecular weight is 244 g/mol. The van der Waals surface area contributed by atoms with Gasteiger partial charge in [-0.2, -0.15) is 8.42 Å². The lowest BCUT2D eigenvalue weighted by atomic mass is 10.1. The molecular weight excluding hydrogens is 228 g/mol. The molecule has 16 heavy (non-hydrogen) atoms. The van der Waals surface area contributed by atoms with Crippen LogP contribution in [0.4, 0.5) is 0 Å². The van der Waals surface area contributed by atoms with Crippen LogP contribution in [-0.2, 0) is 10.1 Å². The smallest absolute Gasteiger partial charge is 0.298 e. The molecule has 0 radical (unpaired) electrons. The molecule has 0 spiro atoms. The Bertz CT molecular complexity index is 437. The molecule has 1 rings (SSSR count). The SMILES string of the molecule is CC(C)CCOc1ccccc1S(=O)(=O)O. The number of para-hydroxylation sites is 1.